The fourth-order valence-electron chi connectivity index (χ4n) is 3.23. The van der Waals surface area contributed by atoms with E-state index >= 15 is 0 Å². The van der Waals surface area contributed by atoms with E-state index in [0.717, 1.165) is 37.7 Å². The summed E-state index contributed by atoms with van der Waals surface area (Å²) in [6.07, 6.45) is 2.36. The zero-order valence-corrected chi connectivity index (χ0v) is 10.3. The second kappa shape index (κ2) is 4.94. The number of hydrogen-bond acceptors (Lipinski definition) is 2. The molecule has 2 aliphatic rings. The molecule has 0 aliphatic carbocycles. The summed E-state index contributed by atoms with van der Waals surface area (Å²) in [6, 6.07) is 4.45. The molecule has 2 heterocycles. The average molecular weight is 252 g/mol. The van der Waals surface area contributed by atoms with Crippen LogP contribution in [0.1, 0.15) is 18.4 Å². The van der Waals surface area contributed by atoms with Crippen LogP contribution in [0.3, 0.4) is 0 Å². The number of hydrogen-bond donors (Lipinski definition) is 1. The predicted molar refractivity (Wildman–Crippen MR) is 66.1 cm³/mol. The number of halogens is 2. The number of benzene rings is 1. The van der Waals surface area contributed by atoms with Crippen LogP contribution in [0.2, 0.25) is 0 Å². The molecule has 0 bridgehead atoms. The minimum absolute atomic E-state index is 0.484. The predicted octanol–water partition coefficient (Wildman–Crippen LogP) is 2.15. The van der Waals surface area contributed by atoms with Crippen molar-refractivity contribution < 1.29 is 8.78 Å². The van der Waals surface area contributed by atoms with Crippen LogP contribution in [0.25, 0.3) is 0 Å². The molecule has 98 valence electrons. The number of fused-ring (bicyclic) bond motifs is 1. The molecule has 0 saturated carbocycles. The maximum absolute atomic E-state index is 13.1. The third-order valence-electron chi connectivity index (χ3n) is 4.07. The lowest BCUT2D eigenvalue weighted by atomic mass is 9.93. The smallest absolute Gasteiger partial charge is 0.126 e. The quantitative estimate of drug-likeness (QED) is 0.867. The third-order valence-corrected chi connectivity index (χ3v) is 4.07. The van der Waals surface area contributed by atoms with Gasteiger partial charge in [0.05, 0.1) is 0 Å². The molecule has 2 unspecified atom stereocenters. The first kappa shape index (κ1) is 12.1. The van der Waals surface area contributed by atoms with Gasteiger partial charge in [-0.15, -0.1) is 0 Å². The van der Waals surface area contributed by atoms with Crippen molar-refractivity contribution in [1.29, 1.82) is 0 Å². The van der Waals surface area contributed by atoms with Crippen LogP contribution in [0.4, 0.5) is 8.78 Å². The van der Waals surface area contributed by atoms with Gasteiger partial charge in [0.15, 0.2) is 0 Å². The summed E-state index contributed by atoms with van der Waals surface area (Å²) in [4.78, 5) is 2.31. The van der Waals surface area contributed by atoms with Crippen molar-refractivity contribution in [2.45, 2.75) is 25.4 Å². The van der Waals surface area contributed by atoms with Crippen molar-refractivity contribution in [2.24, 2.45) is 5.92 Å². The molecule has 1 aromatic carbocycles. The summed E-state index contributed by atoms with van der Waals surface area (Å²) in [5, 5.41) is 3.51. The highest BCUT2D eigenvalue weighted by molar-refractivity contribution is 5.18. The van der Waals surface area contributed by atoms with Crippen LogP contribution in [0, 0.1) is 17.6 Å². The summed E-state index contributed by atoms with van der Waals surface area (Å²) in [5.41, 5.74) is 0.733. The lowest BCUT2D eigenvalue weighted by molar-refractivity contribution is 0.155. The minimum atomic E-state index is -0.484. The zero-order chi connectivity index (χ0) is 12.5. The largest absolute Gasteiger partial charge is 0.314 e. The molecule has 1 N–H and O–H groups in total. The Bertz CT molecular complexity index is 416. The van der Waals surface area contributed by atoms with Crippen molar-refractivity contribution in [1.82, 2.24) is 10.2 Å². The molecule has 3 rings (SSSR count). The van der Waals surface area contributed by atoms with Crippen molar-refractivity contribution in [3.8, 4) is 0 Å². The first-order valence-corrected chi connectivity index (χ1v) is 6.61. The highest BCUT2D eigenvalue weighted by atomic mass is 19.1. The molecule has 2 atom stereocenters. The van der Waals surface area contributed by atoms with Crippen LogP contribution in [0.5, 0.6) is 0 Å². The molecule has 2 fully saturated rings. The summed E-state index contributed by atoms with van der Waals surface area (Å²) >= 11 is 0. The van der Waals surface area contributed by atoms with E-state index in [-0.39, 0.29) is 0 Å². The maximum Gasteiger partial charge on any atom is 0.126 e. The molecule has 18 heavy (non-hydrogen) atoms. The Morgan fingerprint density at radius 2 is 1.94 bits per heavy atom. The van der Waals surface area contributed by atoms with Crippen molar-refractivity contribution in [2.75, 3.05) is 19.6 Å². The summed E-state index contributed by atoms with van der Waals surface area (Å²) in [6.45, 7) is 3.80. The van der Waals surface area contributed by atoms with Crippen molar-refractivity contribution in [3.63, 3.8) is 0 Å². The van der Waals surface area contributed by atoms with Gasteiger partial charge in [0.25, 0.3) is 0 Å². The van der Waals surface area contributed by atoms with Gasteiger partial charge in [-0.25, -0.2) is 8.78 Å². The Balaban J connectivity index is 1.65. The third kappa shape index (κ3) is 2.54. The fourth-order valence-corrected chi connectivity index (χ4v) is 3.23. The highest BCUT2D eigenvalue weighted by Gasteiger charge is 2.32. The Morgan fingerprint density at radius 1 is 1.17 bits per heavy atom. The molecule has 0 amide bonds. The van der Waals surface area contributed by atoms with E-state index < -0.39 is 11.6 Å². The SMILES string of the molecule is Fc1cc(F)cc(CN2CCC3NCCC3C2)c1. The summed E-state index contributed by atoms with van der Waals surface area (Å²) in [7, 11) is 0. The van der Waals surface area contributed by atoms with Crippen LogP contribution in [-0.4, -0.2) is 30.6 Å². The van der Waals surface area contributed by atoms with Gasteiger partial charge in [-0.2, -0.15) is 0 Å². The minimum Gasteiger partial charge on any atom is -0.314 e. The van der Waals surface area contributed by atoms with Gasteiger partial charge < -0.3 is 5.32 Å². The second-order valence-corrected chi connectivity index (χ2v) is 5.41. The van der Waals surface area contributed by atoms with Crippen molar-refractivity contribution in [3.05, 3.63) is 35.4 Å². The molecular weight excluding hydrogens is 234 g/mol. The normalized spacial score (nSPS) is 28.3. The molecule has 0 spiro atoms. The van der Waals surface area contributed by atoms with Crippen LogP contribution < -0.4 is 5.32 Å². The van der Waals surface area contributed by atoms with Gasteiger partial charge in [0.2, 0.25) is 0 Å². The van der Waals surface area contributed by atoms with Gasteiger partial charge in [-0.1, -0.05) is 0 Å². The number of piperidine rings is 1. The number of nitrogens with one attached hydrogen (secondary N) is 1. The average Bonchev–Trinajstić information content (AvgIpc) is 2.74. The van der Waals surface area contributed by atoms with Crippen LogP contribution in [0.15, 0.2) is 18.2 Å². The topological polar surface area (TPSA) is 15.3 Å². The molecule has 2 aliphatic heterocycles. The summed E-state index contributed by atoms with van der Waals surface area (Å²) < 4.78 is 26.3. The van der Waals surface area contributed by atoms with Gasteiger partial charge in [-0.05, 0) is 49.5 Å². The van der Waals surface area contributed by atoms with E-state index in [0.29, 0.717) is 18.5 Å². The summed E-state index contributed by atoms with van der Waals surface area (Å²) in [5.74, 6) is -0.262. The molecule has 0 aromatic heterocycles. The number of nitrogens with zero attached hydrogens (tertiary/aromatic N) is 1. The lowest BCUT2D eigenvalue weighted by Gasteiger charge is -2.34. The van der Waals surface area contributed by atoms with Gasteiger partial charge in [-0.3, -0.25) is 4.90 Å². The van der Waals surface area contributed by atoms with Gasteiger partial charge in [0, 0.05) is 25.2 Å². The fraction of sp³-hybridized carbons (Fsp3) is 0.571. The molecule has 2 nitrogen and oxygen atoms in total. The van der Waals surface area contributed by atoms with E-state index in [4.69, 9.17) is 0 Å². The maximum atomic E-state index is 13.1. The van der Waals surface area contributed by atoms with E-state index in [1.165, 1.54) is 18.6 Å². The Labute approximate surface area is 106 Å². The first-order chi connectivity index (χ1) is 8.70. The van der Waals surface area contributed by atoms with E-state index in [1.807, 2.05) is 0 Å². The number of rotatable bonds is 2. The monoisotopic (exact) mass is 252 g/mol. The first-order valence-electron chi connectivity index (χ1n) is 6.61. The molecule has 2 saturated heterocycles. The molecule has 1 aromatic rings. The molecule has 4 heteroatoms. The standard InChI is InChI=1S/C14H18F2N2/c15-12-5-10(6-13(16)7-12)8-18-4-2-14-11(9-18)1-3-17-14/h5-7,11,14,17H,1-4,8-9H2. The van der Waals surface area contributed by atoms with E-state index in [2.05, 4.69) is 10.2 Å². The molecular formula is C14H18F2N2. The Kier molecular flexibility index (Phi) is 3.31. The van der Waals surface area contributed by atoms with Crippen LogP contribution >= 0.6 is 0 Å². The number of likely N-dealkylation sites (tertiary alicyclic amines) is 1. The van der Waals surface area contributed by atoms with Crippen LogP contribution in [-0.2, 0) is 6.54 Å². The zero-order valence-electron chi connectivity index (χ0n) is 10.3. The lowest BCUT2D eigenvalue weighted by Crippen LogP contribution is -2.43. The molecule has 0 radical (unpaired) electrons. The van der Waals surface area contributed by atoms with Gasteiger partial charge >= 0.3 is 0 Å². The van der Waals surface area contributed by atoms with Crippen molar-refractivity contribution >= 4 is 0 Å². The Morgan fingerprint density at radius 3 is 2.72 bits per heavy atom. The van der Waals surface area contributed by atoms with E-state index in [1.54, 1.807) is 0 Å². The van der Waals surface area contributed by atoms with Gasteiger partial charge in [0.1, 0.15) is 11.6 Å². The second-order valence-electron chi connectivity index (χ2n) is 5.41. The van der Waals surface area contributed by atoms with E-state index in [9.17, 15) is 8.78 Å². The highest BCUT2D eigenvalue weighted by Crippen LogP contribution is 2.25. The Hall–Kier alpha value is -1.00.